The summed E-state index contributed by atoms with van der Waals surface area (Å²) in [5, 5.41) is 8.99. The van der Waals surface area contributed by atoms with E-state index in [1.807, 2.05) is 6.07 Å². The zero-order valence-corrected chi connectivity index (χ0v) is 13.4. The molecular weight excluding hydrogens is 306 g/mol. The molecule has 6 nitrogen and oxygen atoms in total. The lowest BCUT2D eigenvalue weighted by molar-refractivity contribution is -0.117. The van der Waals surface area contributed by atoms with Gasteiger partial charge in [0, 0.05) is 17.8 Å². The van der Waals surface area contributed by atoms with E-state index in [9.17, 15) is 9.59 Å². The molecule has 2 heterocycles. The maximum Gasteiger partial charge on any atom is 0.258 e. The van der Waals surface area contributed by atoms with Crippen LogP contribution >= 0.6 is 0 Å². The largest absolute Gasteiger partial charge is 0.472 e. The first kappa shape index (κ1) is 16.3. The molecule has 24 heavy (non-hydrogen) atoms. The third-order valence-corrected chi connectivity index (χ3v) is 4.12. The second-order valence-corrected chi connectivity index (χ2v) is 5.99. The molecule has 0 spiro atoms. The molecule has 1 saturated heterocycles. The number of hydrogen-bond acceptors (Lipinski definition) is 4. The highest BCUT2D eigenvalue weighted by molar-refractivity contribution is 6.04. The first-order valence-electron chi connectivity index (χ1n) is 8.15. The van der Waals surface area contributed by atoms with Crippen LogP contribution in [0, 0.1) is 5.92 Å². The number of anilines is 2. The molecule has 6 heteroatoms. The van der Waals surface area contributed by atoms with Gasteiger partial charge in [-0.2, -0.15) is 0 Å². The fraction of sp³-hybridized carbons (Fsp3) is 0.333. The van der Waals surface area contributed by atoms with E-state index in [4.69, 9.17) is 4.42 Å². The van der Waals surface area contributed by atoms with Crippen molar-refractivity contribution in [3.63, 3.8) is 0 Å². The molecule has 1 aliphatic heterocycles. The minimum absolute atomic E-state index is 0.0141. The number of amides is 2. The Morgan fingerprint density at radius 1 is 1.12 bits per heavy atom. The SMILES string of the molecule is O=C(CC1CCNCC1)Nc1cccc(NC(=O)c2ccoc2)c1. The van der Waals surface area contributed by atoms with Crippen molar-refractivity contribution in [3.05, 3.63) is 48.4 Å². The van der Waals surface area contributed by atoms with Crippen molar-refractivity contribution >= 4 is 23.2 Å². The Morgan fingerprint density at radius 3 is 2.58 bits per heavy atom. The van der Waals surface area contributed by atoms with E-state index in [0.717, 1.165) is 25.9 Å². The number of benzene rings is 1. The standard InChI is InChI=1S/C18H21N3O3/c22-17(10-13-4-7-19-8-5-13)20-15-2-1-3-16(11-15)21-18(23)14-6-9-24-12-14/h1-3,6,9,11-13,19H,4-5,7-8,10H2,(H,20,22)(H,21,23). The molecule has 0 atom stereocenters. The van der Waals surface area contributed by atoms with E-state index < -0.39 is 0 Å². The summed E-state index contributed by atoms with van der Waals surface area (Å²) >= 11 is 0. The van der Waals surface area contributed by atoms with E-state index in [1.165, 1.54) is 12.5 Å². The van der Waals surface area contributed by atoms with Crippen LogP contribution in [-0.2, 0) is 4.79 Å². The number of carbonyl (C=O) groups excluding carboxylic acids is 2. The first-order chi connectivity index (χ1) is 11.7. The molecule has 2 aromatic rings. The minimum atomic E-state index is -0.248. The van der Waals surface area contributed by atoms with Crippen LogP contribution in [0.1, 0.15) is 29.6 Å². The summed E-state index contributed by atoms with van der Waals surface area (Å²) in [4.78, 5) is 24.2. The third kappa shape index (κ3) is 4.45. The minimum Gasteiger partial charge on any atom is -0.472 e. The number of carbonyl (C=O) groups is 2. The third-order valence-electron chi connectivity index (χ3n) is 4.12. The van der Waals surface area contributed by atoms with Gasteiger partial charge in [0.25, 0.3) is 5.91 Å². The van der Waals surface area contributed by atoms with Gasteiger partial charge < -0.3 is 20.4 Å². The quantitative estimate of drug-likeness (QED) is 0.788. The number of hydrogen-bond donors (Lipinski definition) is 3. The van der Waals surface area contributed by atoms with E-state index >= 15 is 0 Å². The lowest BCUT2D eigenvalue weighted by Crippen LogP contribution is -2.30. The lowest BCUT2D eigenvalue weighted by Gasteiger charge is -2.22. The molecule has 0 unspecified atom stereocenters. The molecule has 0 aliphatic carbocycles. The molecule has 1 aromatic heterocycles. The van der Waals surface area contributed by atoms with Gasteiger partial charge in [0.15, 0.2) is 0 Å². The van der Waals surface area contributed by atoms with Crippen LogP contribution in [-0.4, -0.2) is 24.9 Å². The molecular formula is C18H21N3O3. The maximum absolute atomic E-state index is 12.2. The Labute approximate surface area is 140 Å². The van der Waals surface area contributed by atoms with Crippen LogP contribution in [0.2, 0.25) is 0 Å². The number of piperidine rings is 1. The van der Waals surface area contributed by atoms with Gasteiger partial charge in [0.05, 0.1) is 11.8 Å². The van der Waals surface area contributed by atoms with E-state index in [2.05, 4.69) is 16.0 Å². The average molecular weight is 327 g/mol. The van der Waals surface area contributed by atoms with Crippen molar-refractivity contribution < 1.29 is 14.0 Å². The average Bonchev–Trinajstić information content (AvgIpc) is 3.10. The molecule has 1 aliphatic rings. The Morgan fingerprint density at radius 2 is 1.88 bits per heavy atom. The summed E-state index contributed by atoms with van der Waals surface area (Å²) in [5.74, 6) is 0.206. The molecule has 0 bridgehead atoms. The normalized spacial score (nSPS) is 15.0. The smallest absolute Gasteiger partial charge is 0.258 e. The number of nitrogens with one attached hydrogen (secondary N) is 3. The van der Waals surface area contributed by atoms with Gasteiger partial charge >= 0.3 is 0 Å². The summed E-state index contributed by atoms with van der Waals surface area (Å²) in [6.07, 6.45) is 5.45. The number of furan rings is 1. The van der Waals surface area contributed by atoms with Crippen molar-refractivity contribution in [1.29, 1.82) is 0 Å². The van der Waals surface area contributed by atoms with E-state index in [0.29, 0.717) is 29.3 Å². The van der Waals surface area contributed by atoms with Crippen LogP contribution in [0.25, 0.3) is 0 Å². The van der Waals surface area contributed by atoms with Gasteiger partial charge in [-0.25, -0.2) is 0 Å². The molecule has 0 radical (unpaired) electrons. The van der Waals surface area contributed by atoms with Gasteiger partial charge in [0.1, 0.15) is 6.26 Å². The highest BCUT2D eigenvalue weighted by Gasteiger charge is 2.17. The summed E-state index contributed by atoms with van der Waals surface area (Å²) in [6.45, 7) is 1.96. The van der Waals surface area contributed by atoms with Crippen molar-refractivity contribution in [3.8, 4) is 0 Å². The predicted octanol–water partition coefficient (Wildman–Crippen LogP) is 2.86. The van der Waals surface area contributed by atoms with Crippen LogP contribution in [0.5, 0.6) is 0 Å². The highest BCUT2D eigenvalue weighted by Crippen LogP contribution is 2.19. The van der Waals surface area contributed by atoms with Gasteiger partial charge in [-0.1, -0.05) is 6.07 Å². The van der Waals surface area contributed by atoms with Gasteiger partial charge in [0.2, 0.25) is 5.91 Å². The molecule has 3 N–H and O–H groups in total. The van der Waals surface area contributed by atoms with Crippen molar-refractivity contribution in [2.24, 2.45) is 5.92 Å². The first-order valence-corrected chi connectivity index (χ1v) is 8.15. The number of rotatable bonds is 5. The molecule has 1 fully saturated rings. The summed E-state index contributed by atoms with van der Waals surface area (Å²) in [6, 6.07) is 8.73. The second kappa shape index (κ2) is 7.79. The Hall–Kier alpha value is -2.60. The van der Waals surface area contributed by atoms with Crippen LogP contribution in [0.3, 0.4) is 0 Å². The Bertz CT molecular complexity index is 691. The highest BCUT2D eigenvalue weighted by atomic mass is 16.3. The Balaban J connectivity index is 1.56. The van der Waals surface area contributed by atoms with Crippen LogP contribution in [0.15, 0.2) is 47.3 Å². The fourth-order valence-electron chi connectivity index (χ4n) is 2.83. The van der Waals surface area contributed by atoms with Crippen LogP contribution < -0.4 is 16.0 Å². The molecule has 3 rings (SSSR count). The summed E-state index contributed by atoms with van der Waals surface area (Å²) in [7, 11) is 0. The topological polar surface area (TPSA) is 83.4 Å². The molecule has 0 saturated carbocycles. The van der Waals surface area contributed by atoms with Crippen molar-refractivity contribution in [2.75, 3.05) is 23.7 Å². The van der Waals surface area contributed by atoms with E-state index in [-0.39, 0.29) is 11.8 Å². The van der Waals surface area contributed by atoms with Crippen molar-refractivity contribution in [1.82, 2.24) is 5.32 Å². The maximum atomic E-state index is 12.2. The van der Waals surface area contributed by atoms with Gasteiger partial charge in [-0.05, 0) is 56.1 Å². The summed E-state index contributed by atoms with van der Waals surface area (Å²) in [5.41, 5.74) is 1.76. The summed E-state index contributed by atoms with van der Waals surface area (Å²) < 4.78 is 4.90. The van der Waals surface area contributed by atoms with Crippen molar-refractivity contribution in [2.45, 2.75) is 19.3 Å². The molecule has 1 aromatic carbocycles. The van der Waals surface area contributed by atoms with Crippen LogP contribution in [0.4, 0.5) is 11.4 Å². The fourth-order valence-corrected chi connectivity index (χ4v) is 2.83. The second-order valence-electron chi connectivity index (χ2n) is 5.99. The Kier molecular flexibility index (Phi) is 5.28. The van der Waals surface area contributed by atoms with Gasteiger partial charge in [-0.3, -0.25) is 9.59 Å². The van der Waals surface area contributed by atoms with Gasteiger partial charge in [-0.15, -0.1) is 0 Å². The molecule has 2 amide bonds. The molecule has 126 valence electrons. The lowest BCUT2D eigenvalue weighted by atomic mass is 9.94. The zero-order chi connectivity index (χ0) is 16.8. The predicted molar refractivity (Wildman–Crippen MR) is 91.9 cm³/mol. The monoisotopic (exact) mass is 327 g/mol. The van der Waals surface area contributed by atoms with E-state index in [1.54, 1.807) is 24.3 Å². The zero-order valence-electron chi connectivity index (χ0n) is 13.4.